The molecule has 4 nitrogen and oxygen atoms in total. The molecule has 0 saturated heterocycles. The molecule has 1 amide bonds. The zero-order valence-electron chi connectivity index (χ0n) is 15.4. The molecule has 0 aromatic heterocycles. The molecule has 2 aliphatic heterocycles. The molecular formula is C23H16ClN3OS. The molecule has 2 heterocycles. The number of hydrogen-bond acceptors (Lipinski definition) is 4. The minimum atomic E-state index is -0.164. The molecule has 0 fully saturated rings. The van der Waals surface area contributed by atoms with Crippen LogP contribution in [0.25, 0.3) is 10.8 Å². The first-order chi connectivity index (χ1) is 14.1. The number of benzene rings is 3. The third kappa shape index (κ3) is 3.03. The van der Waals surface area contributed by atoms with E-state index >= 15 is 0 Å². The maximum Gasteiger partial charge on any atom is 0.280 e. The number of amides is 1. The molecule has 142 valence electrons. The van der Waals surface area contributed by atoms with Gasteiger partial charge in [-0.3, -0.25) is 14.7 Å². The molecule has 0 atom stereocenters. The van der Waals surface area contributed by atoms with Crippen molar-refractivity contribution in [2.45, 2.75) is 0 Å². The Morgan fingerprint density at radius 2 is 1.76 bits per heavy atom. The fourth-order valence-electron chi connectivity index (χ4n) is 3.74. The van der Waals surface area contributed by atoms with E-state index in [2.05, 4.69) is 29.6 Å². The average molecular weight is 418 g/mol. The van der Waals surface area contributed by atoms with E-state index in [1.165, 1.54) is 0 Å². The number of carbonyl (C=O) groups excluding carboxylic acids is 1. The second-order valence-corrected chi connectivity index (χ2v) is 7.71. The maximum atomic E-state index is 13.2. The summed E-state index contributed by atoms with van der Waals surface area (Å²) in [5.74, 6) is -0.164. The maximum absolute atomic E-state index is 13.2. The second-order valence-electron chi connectivity index (χ2n) is 6.89. The van der Waals surface area contributed by atoms with Crippen LogP contribution in [0, 0.1) is 0 Å². The Morgan fingerprint density at radius 1 is 1.00 bits per heavy atom. The zero-order valence-corrected chi connectivity index (χ0v) is 16.9. The summed E-state index contributed by atoms with van der Waals surface area (Å²) in [6, 6.07) is 21.5. The second kappa shape index (κ2) is 7.10. The molecule has 3 aromatic rings. The highest BCUT2D eigenvalue weighted by atomic mass is 35.5. The van der Waals surface area contributed by atoms with Crippen molar-refractivity contribution < 1.29 is 4.79 Å². The molecule has 6 heteroatoms. The Morgan fingerprint density at radius 3 is 2.55 bits per heavy atom. The fraction of sp³-hybridized carbons (Fsp3) is 0.0870. The van der Waals surface area contributed by atoms with Crippen LogP contribution in [-0.4, -0.2) is 29.7 Å². The normalized spacial score (nSPS) is 16.6. The summed E-state index contributed by atoms with van der Waals surface area (Å²) in [5.41, 5.74) is 3.60. The van der Waals surface area contributed by atoms with Gasteiger partial charge in [-0.05, 0) is 41.1 Å². The number of carbonyl (C=O) groups is 1. The van der Waals surface area contributed by atoms with Crippen LogP contribution in [0.15, 0.2) is 83.0 Å². The van der Waals surface area contributed by atoms with Gasteiger partial charge in [-0.2, -0.15) is 0 Å². The summed E-state index contributed by atoms with van der Waals surface area (Å²) in [6.45, 7) is 1.16. The predicted molar refractivity (Wildman–Crippen MR) is 122 cm³/mol. The topological polar surface area (TPSA) is 44.7 Å². The Labute approximate surface area is 178 Å². The summed E-state index contributed by atoms with van der Waals surface area (Å²) in [7, 11) is 0. The monoisotopic (exact) mass is 417 g/mol. The van der Waals surface area contributed by atoms with Gasteiger partial charge >= 0.3 is 0 Å². The lowest BCUT2D eigenvalue weighted by molar-refractivity contribution is -0.114. The summed E-state index contributed by atoms with van der Waals surface area (Å²) in [4.78, 5) is 20.0. The highest BCUT2D eigenvalue weighted by molar-refractivity contribution is 7.81. The minimum Gasteiger partial charge on any atom is -0.378 e. The van der Waals surface area contributed by atoms with Crippen LogP contribution in [-0.2, 0) is 4.79 Å². The number of aliphatic imine (C=N–C) groups is 1. The first-order valence-electron chi connectivity index (χ1n) is 9.30. The quantitative estimate of drug-likeness (QED) is 0.624. The van der Waals surface area contributed by atoms with E-state index < -0.39 is 0 Å². The van der Waals surface area contributed by atoms with Crippen molar-refractivity contribution in [3.05, 3.63) is 88.6 Å². The van der Waals surface area contributed by atoms with E-state index in [9.17, 15) is 4.79 Å². The van der Waals surface area contributed by atoms with Crippen molar-refractivity contribution in [3.8, 4) is 0 Å². The van der Waals surface area contributed by atoms with Gasteiger partial charge in [-0.15, -0.1) is 0 Å². The van der Waals surface area contributed by atoms with E-state index in [1.54, 1.807) is 29.2 Å². The Bertz CT molecular complexity index is 1230. The third-order valence-electron chi connectivity index (χ3n) is 5.11. The molecule has 1 N–H and O–H groups in total. The number of nitrogens with zero attached hydrogens (tertiary/aromatic N) is 2. The minimum absolute atomic E-state index is 0.164. The van der Waals surface area contributed by atoms with Crippen molar-refractivity contribution in [1.82, 2.24) is 5.32 Å². The van der Waals surface area contributed by atoms with Crippen molar-refractivity contribution in [2.24, 2.45) is 4.99 Å². The van der Waals surface area contributed by atoms with Gasteiger partial charge < -0.3 is 5.32 Å². The number of hydrogen-bond donors (Lipinski definition) is 1. The van der Waals surface area contributed by atoms with Crippen LogP contribution in [0.4, 0.5) is 5.69 Å². The average Bonchev–Trinajstić information content (AvgIpc) is 2.89. The molecule has 0 bridgehead atoms. The SMILES string of the molecule is O=C1C2=C(C(=S)N1c1ccc(Cl)cc1)C(c1ccc3ccccc3c1)=NCCN2. The number of rotatable bonds is 2. The smallest absolute Gasteiger partial charge is 0.280 e. The molecule has 0 aliphatic carbocycles. The summed E-state index contributed by atoms with van der Waals surface area (Å²) in [6.07, 6.45) is 0. The van der Waals surface area contributed by atoms with Gasteiger partial charge in [-0.1, -0.05) is 60.2 Å². The number of thiocarbonyl (C=S) groups is 1. The number of fused-ring (bicyclic) bond motifs is 1. The van der Waals surface area contributed by atoms with Crippen LogP contribution in [0.1, 0.15) is 5.56 Å². The zero-order chi connectivity index (χ0) is 20.0. The van der Waals surface area contributed by atoms with Crippen LogP contribution < -0.4 is 10.2 Å². The van der Waals surface area contributed by atoms with E-state index in [4.69, 9.17) is 28.8 Å². The van der Waals surface area contributed by atoms with Crippen LogP contribution in [0.5, 0.6) is 0 Å². The van der Waals surface area contributed by atoms with Gasteiger partial charge in [0, 0.05) is 17.1 Å². The van der Waals surface area contributed by atoms with Gasteiger partial charge in [0.1, 0.15) is 10.7 Å². The lowest BCUT2D eigenvalue weighted by atomic mass is 9.98. The number of halogens is 1. The first-order valence-corrected chi connectivity index (χ1v) is 10.1. The van der Waals surface area contributed by atoms with Crippen LogP contribution in [0.3, 0.4) is 0 Å². The van der Waals surface area contributed by atoms with E-state index in [0.29, 0.717) is 40.1 Å². The van der Waals surface area contributed by atoms with Crippen molar-refractivity contribution in [2.75, 3.05) is 18.0 Å². The van der Waals surface area contributed by atoms with Crippen molar-refractivity contribution >= 4 is 56.9 Å². The van der Waals surface area contributed by atoms with Gasteiger partial charge in [0.2, 0.25) is 0 Å². The van der Waals surface area contributed by atoms with Gasteiger partial charge in [0.05, 0.1) is 23.5 Å². The largest absolute Gasteiger partial charge is 0.378 e. The molecular weight excluding hydrogens is 402 g/mol. The van der Waals surface area contributed by atoms with Gasteiger partial charge in [0.15, 0.2) is 0 Å². The van der Waals surface area contributed by atoms with E-state index in [0.717, 1.165) is 22.0 Å². The summed E-state index contributed by atoms with van der Waals surface area (Å²) in [5, 5.41) is 6.12. The fourth-order valence-corrected chi connectivity index (χ4v) is 4.25. The standard InChI is InChI=1S/C23H16ClN3OS/c24-17-7-9-18(10-8-17)27-22(28)21-19(23(27)29)20(25-11-12-26-21)16-6-5-14-3-1-2-4-15(14)13-16/h1-10,13,26H,11-12H2. The van der Waals surface area contributed by atoms with Crippen LogP contribution >= 0.6 is 23.8 Å². The third-order valence-corrected chi connectivity index (χ3v) is 5.75. The molecule has 29 heavy (non-hydrogen) atoms. The molecule has 0 saturated carbocycles. The lowest BCUT2D eigenvalue weighted by Crippen LogP contribution is -2.34. The predicted octanol–water partition coefficient (Wildman–Crippen LogP) is 4.51. The molecule has 0 radical (unpaired) electrons. The Balaban J connectivity index is 1.61. The van der Waals surface area contributed by atoms with E-state index in [-0.39, 0.29) is 5.91 Å². The van der Waals surface area contributed by atoms with Crippen molar-refractivity contribution in [3.63, 3.8) is 0 Å². The first kappa shape index (κ1) is 18.0. The van der Waals surface area contributed by atoms with Gasteiger partial charge in [0.25, 0.3) is 5.91 Å². The summed E-state index contributed by atoms with van der Waals surface area (Å²) < 4.78 is 0. The number of anilines is 1. The highest BCUT2D eigenvalue weighted by Gasteiger charge is 2.39. The lowest BCUT2D eigenvalue weighted by Gasteiger charge is -2.18. The Hall–Kier alpha value is -3.02. The van der Waals surface area contributed by atoms with Gasteiger partial charge in [-0.25, -0.2) is 0 Å². The molecule has 3 aromatic carbocycles. The summed E-state index contributed by atoms with van der Waals surface area (Å²) >= 11 is 11.8. The molecule has 2 aliphatic rings. The van der Waals surface area contributed by atoms with Crippen molar-refractivity contribution in [1.29, 1.82) is 0 Å². The molecule has 5 rings (SSSR count). The highest BCUT2D eigenvalue weighted by Crippen LogP contribution is 2.31. The molecule has 0 unspecified atom stereocenters. The Kier molecular flexibility index (Phi) is 4.42. The number of nitrogens with one attached hydrogen (secondary N) is 1. The van der Waals surface area contributed by atoms with E-state index in [1.807, 2.05) is 18.2 Å². The van der Waals surface area contributed by atoms with Crippen LogP contribution in [0.2, 0.25) is 5.02 Å². The molecule has 0 spiro atoms.